The monoisotopic (exact) mass is 747 g/mol. The Labute approximate surface area is 294 Å². The summed E-state index contributed by atoms with van der Waals surface area (Å²) in [6, 6.07) is 1.39. The summed E-state index contributed by atoms with van der Waals surface area (Å²) in [6.07, 6.45) is 1.57. The predicted octanol–water partition coefficient (Wildman–Crippen LogP) is 3.44. The van der Waals surface area contributed by atoms with Crippen molar-refractivity contribution in [1.82, 2.24) is 10.6 Å². The molecule has 17 heteroatoms. The van der Waals surface area contributed by atoms with Gasteiger partial charge in [-0.1, -0.05) is 6.92 Å². The van der Waals surface area contributed by atoms with Gasteiger partial charge in [0.15, 0.2) is 0 Å². The van der Waals surface area contributed by atoms with Crippen LogP contribution in [-0.4, -0.2) is 122 Å². The topological polar surface area (TPSA) is 177 Å². The normalized spacial score (nSPS) is 13.0. The van der Waals surface area contributed by atoms with Gasteiger partial charge in [0, 0.05) is 94.4 Å². The highest BCUT2D eigenvalue weighted by atomic mass is 32.2. The Morgan fingerprint density at radius 1 is 0.681 bits per heavy atom. The quantitative estimate of drug-likeness (QED) is 0.0623. The van der Waals surface area contributed by atoms with Crippen molar-refractivity contribution in [3.63, 3.8) is 0 Å². The molecule has 0 aliphatic carbocycles. The summed E-state index contributed by atoms with van der Waals surface area (Å²) in [5.41, 5.74) is 5.20. The number of carbonyl (C=O) groups is 3. The first-order chi connectivity index (χ1) is 22.4. The van der Waals surface area contributed by atoms with Gasteiger partial charge in [0.1, 0.15) is 0 Å². The zero-order chi connectivity index (χ0) is 36.0. The summed E-state index contributed by atoms with van der Waals surface area (Å²) < 4.78 is 34.6. The average Bonchev–Trinajstić information content (AvgIpc) is 3.00. The Balaban J connectivity index is 0. The van der Waals surface area contributed by atoms with Crippen LogP contribution in [0.1, 0.15) is 74.7 Å². The summed E-state index contributed by atoms with van der Waals surface area (Å²) in [6.45, 7) is 19.6. The van der Waals surface area contributed by atoms with Gasteiger partial charge in [-0.15, -0.1) is 11.8 Å². The molecule has 0 spiro atoms. The molecule has 0 bridgehead atoms. The van der Waals surface area contributed by atoms with E-state index < -0.39 is 17.6 Å². The molecule has 2 atom stereocenters. The van der Waals surface area contributed by atoms with Gasteiger partial charge in [0.25, 0.3) is 0 Å². The maximum Gasteiger partial charge on any atom is 0.500 e. The number of aliphatic hydroxyl groups excluding tert-OH is 1. The number of primary amides is 1. The molecule has 3 amide bonds. The summed E-state index contributed by atoms with van der Waals surface area (Å²) in [5, 5.41) is 14.9. The minimum Gasteiger partial charge on any atom is -0.393 e. The van der Waals surface area contributed by atoms with Crippen LogP contribution in [0, 0.1) is 5.92 Å². The van der Waals surface area contributed by atoms with Gasteiger partial charge in [0.05, 0.1) is 11.9 Å². The highest BCUT2D eigenvalue weighted by molar-refractivity contribution is 8.00. The molecule has 13 nitrogen and oxygen atoms in total. The van der Waals surface area contributed by atoms with E-state index in [1.807, 2.05) is 41.5 Å². The summed E-state index contributed by atoms with van der Waals surface area (Å²) in [7, 11) is -5.22. The Hall–Kier alpha value is -0.736. The number of aliphatic hydroxyl groups is 1. The second-order valence-electron chi connectivity index (χ2n) is 10.4. The number of thioether (sulfide) groups is 2. The van der Waals surface area contributed by atoms with Crippen LogP contribution in [0.3, 0.4) is 0 Å². The summed E-state index contributed by atoms with van der Waals surface area (Å²) in [4.78, 5) is 34.4. The lowest BCUT2D eigenvalue weighted by Crippen LogP contribution is -2.46. The van der Waals surface area contributed by atoms with Crippen molar-refractivity contribution in [3.8, 4) is 0 Å². The molecule has 0 saturated heterocycles. The summed E-state index contributed by atoms with van der Waals surface area (Å²) in [5.74, 6) is 1.80. The second-order valence-corrected chi connectivity index (χ2v) is 18.0. The molecule has 0 saturated carbocycles. The fourth-order valence-corrected chi connectivity index (χ4v) is 11.0. The predicted molar refractivity (Wildman–Crippen MR) is 195 cm³/mol. The molecule has 0 aliphatic rings. The molecule has 0 aromatic rings. The number of hydrogen-bond acceptors (Lipinski definition) is 12. The molecule has 0 rings (SSSR count). The van der Waals surface area contributed by atoms with E-state index in [0.717, 1.165) is 12.8 Å². The number of carbonyl (C=O) groups excluding carboxylic acids is 3. The van der Waals surface area contributed by atoms with Crippen LogP contribution in [0.15, 0.2) is 0 Å². The van der Waals surface area contributed by atoms with E-state index in [9.17, 15) is 14.4 Å². The van der Waals surface area contributed by atoms with Crippen LogP contribution in [0.5, 0.6) is 0 Å². The van der Waals surface area contributed by atoms with E-state index in [2.05, 4.69) is 10.6 Å². The minimum atomic E-state index is -2.62. The van der Waals surface area contributed by atoms with Crippen LogP contribution in [0.25, 0.3) is 0 Å². The number of nitrogens with one attached hydrogen (secondary N) is 2. The lowest BCUT2D eigenvalue weighted by Gasteiger charge is -2.28. The van der Waals surface area contributed by atoms with Crippen molar-refractivity contribution < 1.29 is 46.0 Å². The Morgan fingerprint density at radius 3 is 1.45 bits per heavy atom. The molecular formula is C30H65N3O10S2Si2. The first-order valence-electron chi connectivity index (χ1n) is 16.9. The lowest BCUT2D eigenvalue weighted by atomic mass is 10.2. The fourth-order valence-electron chi connectivity index (χ4n) is 4.04. The Bertz CT molecular complexity index is 773. The number of hydrogen-bond donors (Lipinski definition) is 4. The molecule has 5 N–H and O–H groups in total. The van der Waals surface area contributed by atoms with Gasteiger partial charge in [0.2, 0.25) is 17.7 Å². The minimum absolute atomic E-state index is 0.00993. The van der Waals surface area contributed by atoms with Crippen molar-refractivity contribution in [2.45, 2.75) is 92.8 Å². The third-order valence-corrected chi connectivity index (χ3v) is 14.8. The van der Waals surface area contributed by atoms with Gasteiger partial charge >= 0.3 is 17.6 Å². The van der Waals surface area contributed by atoms with Gasteiger partial charge in [-0.25, -0.2) is 0 Å². The molecule has 0 aromatic heterocycles. The number of nitrogens with two attached hydrogens (primary N) is 1. The molecule has 2 unspecified atom stereocenters. The van der Waals surface area contributed by atoms with Crippen LogP contribution in [-0.2, 0) is 40.9 Å². The highest BCUT2D eigenvalue weighted by Gasteiger charge is 2.40. The van der Waals surface area contributed by atoms with Gasteiger partial charge in [-0.05, 0) is 61.3 Å². The maximum absolute atomic E-state index is 11.8. The van der Waals surface area contributed by atoms with Crippen molar-refractivity contribution in [2.24, 2.45) is 11.7 Å². The van der Waals surface area contributed by atoms with E-state index in [-0.39, 0.29) is 29.7 Å². The van der Waals surface area contributed by atoms with E-state index >= 15 is 0 Å². The number of rotatable bonds is 30. The SMILES string of the molecule is CCO[Si](CCCNC(=O)CCSCC(C)C(N)=O)(OCC)OCC.CCO[Si](CCCNC(=O)CSCC(C)O)(OCC)OCC. The maximum atomic E-state index is 11.8. The third-order valence-electron chi connectivity index (χ3n) is 6.07. The van der Waals surface area contributed by atoms with Crippen molar-refractivity contribution in [3.05, 3.63) is 0 Å². The van der Waals surface area contributed by atoms with Gasteiger partial charge in [-0.2, -0.15) is 11.8 Å². The fraction of sp³-hybridized carbons (Fsp3) is 0.900. The molecule has 0 aromatic carbocycles. The Morgan fingerprint density at radius 2 is 1.09 bits per heavy atom. The summed E-state index contributed by atoms with van der Waals surface area (Å²) >= 11 is 3.00. The largest absolute Gasteiger partial charge is 0.500 e. The van der Waals surface area contributed by atoms with Crippen LogP contribution in [0.2, 0.25) is 12.1 Å². The van der Waals surface area contributed by atoms with Crippen LogP contribution < -0.4 is 16.4 Å². The standard InChI is InChI=1S/C16H34N2O5SSi.C14H31NO5SSi/c1-5-21-25(22-6-2,23-7-3)12-8-10-18-15(19)9-11-24-13-14(4)16(17)20;1-5-18-22(19-6-2,20-7-3)10-8-9-15-14(17)12-21-11-13(4)16/h14H,5-13H2,1-4H3,(H2,17,20)(H,18,19);13,16H,5-12H2,1-4H3,(H,15,17). The second kappa shape index (κ2) is 31.3. The molecule has 280 valence electrons. The van der Waals surface area contributed by atoms with Gasteiger partial charge in [-0.3, -0.25) is 14.4 Å². The van der Waals surface area contributed by atoms with Crippen molar-refractivity contribution in [2.75, 3.05) is 75.7 Å². The van der Waals surface area contributed by atoms with E-state index in [0.29, 0.717) is 94.3 Å². The first-order valence-corrected chi connectivity index (χ1v) is 23.1. The van der Waals surface area contributed by atoms with Crippen molar-refractivity contribution in [1.29, 1.82) is 0 Å². The lowest BCUT2D eigenvalue weighted by molar-refractivity contribution is -0.121. The zero-order valence-electron chi connectivity index (χ0n) is 30.2. The molecule has 0 radical (unpaired) electrons. The van der Waals surface area contributed by atoms with Gasteiger partial charge < -0.3 is 48.0 Å². The average molecular weight is 748 g/mol. The van der Waals surface area contributed by atoms with E-state index in [4.69, 9.17) is 37.4 Å². The molecule has 0 heterocycles. The zero-order valence-corrected chi connectivity index (χ0v) is 33.8. The van der Waals surface area contributed by atoms with Crippen molar-refractivity contribution >= 4 is 58.9 Å². The highest BCUT2D eigenvalue weighted by Crippen LogP contribution is 2.19. The Kier molecular flexibility index (Phi) is 32.2. The van der Waals surface area contributed by atoms with Crippen LogP contribution >= 0.6 is 23.5 Å². The molecule has 0 aliphatic heterocycles. The van der Waals surface area contributed by atoms with E-state index in [1.54, 1.807) is 25.6 Å². The van der Waals surface area contributed by atoms with E-state index in [1.165, 1.54) is 11.8 Å². The first kappa shape index (κ1) is 48.4. The number of amides is 3. The third kappa shape index (κ3) is 26.8. The van der Waals surface area contributed by atoms with Crippen LogP contribution in [0.4, 0.5) is 0 Å². The smallest absolute Gasteiger partial charge is 0.393 e. The molecular weight excluding hydrogens is 683 g/mol. The molecule has 47 heavy (non-hydrogen) atoms. The molecule has 0 fully saturated rings.